The zero-order valence-electron chi connectivity index (χ0n) is 12.8. The maximum absolute atomic E-state index is 11.6. The summed E-state index contributed by atoms with van der Waals surface area (Å²) >= 11 is 1.62. The monoisotopic (exact) mass is 310 g/mol. The van der Waals surface area contributed by atoms with E-state index in [2.05, 4.69) is 0 Å². The SMILES string of the molecule is CC(C)(C)OC(=O)CCSc1ccc2c(c1)OCCCO2. The fourth-order valence-electron chi connectivity index (χ4n) is 1.88. The van der Waals surface area contributed by atoms with Crippen molar-refractivity contribution in [1.82, 2.24) is 0 Å². The first kappa shape index (κ1) is 16.0. The average molecular weight is 310 g/mol. The first-order valence-electron chi connectivity index (χ1n) is 7.18. The molecule has 1 aliphatic rings. The van der Waals surface area contributed by atoms with Crippen LogP contribution in [0.2, 0.25) is 0 Å². The molecule has 0 atom stereocenters. The molecule has 1 aliphatic heterocycles. The van der Waals surface area contributed by atoms with Gasteiger partial charge in [-0.3, -0.25) is 4.79 Å². The van der Waals surface area contributed by atoms with Gasteiger partial charge in [-0.05, 0) is 39.0 Å². The van der Waals surface area contributed by atoms with Crippen LogP contribution in [0.1, 0.15) is 33.6 Å². The molecule has 0 aromatic heterocycles. The molecule has 4 nitrogen and oxygen atoms in total. The molecule has 1 aromatic carbocycles. The number of fused-ring (bicyclic) bond motifs is 1. The van der Waals surface area contributed by atoms with Gasteiger partial charge < -0.3 is 14.2 Å². The van der Waals surface area contributed by atoms with E-state index in [1.54, 1.807) is 11.8 Å². The van der Waals surface area contributed by atoms with Crippen molar-refractivity contribution >= 4 is 17.7 Å². The number of rotatable bonds is 4. The second kappa shape index (κ2) is 7.07. The van der Waals surface area contributed by atoms with Crippen LogP contribution in [0.3, 0.4) is 0 Å². The highest BCUT2D eigenvalue weighted by Gasteiger charge is 2.16. The average Bonchev–Trinajstić information content (AvgIpc) is 2.61. The van der Waals surface area contributed by atoms with Gasteiger partial charge in [-0.2, -0.15) is 0 Å². The first-order valence-corrected chi connectivity index (χ1v) is 8.17. The Balaban J connectivity index is 1.84. The van der Waals surface area contributed by atoms with Gasteiger partial charge in [0.2, 0.25) is 0 Å². The Kier molecular flexibility index (Phi) is 5.39. The van der Waals surface area contributed by atoms with Gasteiger partial charge in [0.1, 0.15) is 5.60 Å². The molecule has 0 unspecified atom stereocenters. The Morgan fingerprint density at radius 3 is 2.67 bits per heavy atom. The van der Waals surface area contributed by atoms with Crippen LogP contribution in [-0.2, 0) is 9.53 Å². The fraction of sp³-hybridized carbons (Fsp3) is 0.562. The number of carbonyl (C=O) groups is 1. The van der Waals surface area contributed by atoms with Gasteiger partial charge in [0.15, 0.2) is 11.5 Å². The highest BCUT2D eigenvalue weighted by atomic mass is 32.2. The molecular formula is C16H22O4S. The Hall–Kier alpha value is -1.36. The summed E-state index contributed by atoms with van der Waals surface area (Å²) in [7, 11) is 0. The van der Waals surface area contributed by atoms with Crippen molar-refractivity contribution in [2.24, 2.45) is 0 Å². The third-order valence-corrected chi connectivity index (χ3v) is 3.71. The van der Waals surface area contributed by atoms with Crippen LogP contribution in [0.15, 0.2) is 23.1 Å². The molecule has 0 aliphatic carbocycles. The molecule has 0 amide bonds. The summed E-state index contributed by atoms with van der Waals surface area (Å²) in [6.07, 6.45) is 1.30. The van der Waals surface area contributed by atoms with E-state index >= 15 is 0 Å². The van der Waals surface area contributed by atoms with Crippen molar-refractivity contribution in [2.45, 2.75) is 44.1 Å². The van der Waals surface area contributed by atoms with Gasteiger partial charge in [0.05, 0.1) is 19.6 Å². The van der Waals surface area contributed by atoms with E-state index in [-0.39, 0.29) is 5.97 Å². The molecular weight excluding hydrogens is 288 g/mol. The highest BCUT2D eigenvalue weighted by molar-refractivity contribution is 7.99. The maximum Gasteiger partial charge on any atom is 0.307 e. The summed E-state index contributed by atoms with van der Waals surface area (Å²) in [4.78, 5) is 12.7. The van der Waals surface area contributed by atoms with Gasteiger partial charge in [-0.1, -0.05) is 0 Å². The van der Waals surface area contributed by atoms with Crippen molar-refractivity contribution in [3.8, 4) is 11.5 Å². The summed E-state index contributed by atoms with van der Waals surface area (Å²) in [5.41, 5.74) is -0.420. The summed E-state index contributed by atoms with van der Waals surface area (Å²) in [5, 5.41) is 0. The van der Waals surface area contributed by atoms with Crippen LogP contribution >= 0.6 is 11.8 Å². The van der Waals surface area contributed by atoms with Gasteiger partial charge in [0.25, 0.3) is 0 Å². The Bertz CT molecular complexity index is 494. The topological polar surface area (TPSA) is 44.8 Å². The van der Waals surface area contributed by atoms with Crippen LogP contribution in [0.4, 0.5) is 0 Å². The quantitative estimate of drug-likeness (QED) is 0.627. The second-order valence-electron chi connectivity index (χ2n) is 5.84. The largest absolute Gasteiger partial charge is 0.490 e. The van der Waals surface area contributed by atoms with Crippen molar-refractivity contribution in [3.63, 3.8) is 0 Å². The van der Waals surface area contributed by atoms with E-state index in [9.17, 15) is 4.79 Å². The number of carbonyl (C=O) groups excluding carboxylic acids is 1. The molecule has 2 rings (SSSR count). The molecule has 0 radical (unpaired) electrons. The van der Waals surface area contributed by atoms with Gasteiger partial charge >= 0.3 is 5.97 Å². The molecule has 0 fully saturated rings. The smallest absolute Gasteiger partial charge is 0.307 e. The van der Waals surface area contributed by atoms with Crippen LogP contribution in [-0.4, -0.2) is 30.5 Å². The number of ether oxygens (including phenoxy) is 3. The lowest BCUT2D eigenvalue weighted by Gasteiger charge is -2.19. The summed E-state index contributed by atoms with van der Waals surface area (Å²) in [6, 6.07) is 5.89. The molecule has 1 heterocycles. The molecule has 5 heteroatoms. The maximum atomic E-state index is 11.6. The number of thioether (sulfide) groups is 1. The Labute approximate surface area is 130 Å². The van der Waals surface area contributed by atoms with Crippen molar-refractivity contribution in [1.29, 1.82) is 0 Å². The van der Waals surface area contributed by atoms with Gasteiger partial charge in [0, 0.05) is 17.1 Å². The third-order valence-electron chi connectivity index (χ3n) is 2.71. The fourth-order valence-corrected chi connectivity index (χ4v) is 2.74. The molecule has 0 bridgehead atoms. The molecule has 0 saturated carbocycles. The normalized spacial score (nSPS) is 14.4. The zero-order chi connectivity index (χ0) is 15.3. The van der Waals surface area contributed by atoms with E-state index in [4.69, 9.17) is 14.2 Å². The number of hydrogen-bond acceptors (Lipinski definition) is 5. The van der Waals surface area contributed by atoms with Crippen molar-refractivity contribution in [3.05, 3.63) is 18.2 Å². The Morgan fingerprint density at radius 2 is 1.95 bits per heavy atom. The van der Waals surface area contributed by atoms with E-state index in [1.165, 1.54) is 0 Å². The number of hydrogen-bond donors (Lipinski definition) is 0. The first-order chi connectivity index (χ1) is 9.94. The molecule has 0 N–H and O–H groups in total. The lowest BCUT2D eigenvalue weighted by Crippen LogP contribution is -2.23. The van der Waals surface area contributed by atoms with Crippen LogP contribution in [0, 0.1) is 0 Å². The van der Waals surface area contributed by atoms with Crippen LogP contribution in [0.25, 0.3) is 0 Å². The lowest BCUT2D eigenvalue weighted by atomic mass is 10.2. The van der Waals surface area contributed by atoms with Gasteiger partial charge in [-0.25, -0.2) is 0 Å². The second-order valence-corrected chi connectivity index (χ2v) is 7.01. The molecule has 0 saturated heterocycles. The molecule has 0 spiro atoms. The standard InChI is InChI=1S/C16H22O4S/c1-16(2,3)20-15(17)7-10-21-12-5-6-13-14(11-12)19-9-4-8-18-13/h5-6,11H,4,7-10H2,1-3H3. The van der Waals surface area contributed by atoms with E-state index < -0.39 is 5.60 Å². The van der Waals surface area contributed by atoms with E-state index in [1.807, 2.05) is 39.0 Å². The molecule has 21 heavy (non-hydrogen) atoms. The lowest BCUT2D eigenvalue weighted by molar-refractivity contribution is -0.154. The van der Waals surface area contributed by atoms with Crippen molar-refractivity contribution < 1.29 is 19.0 Å². The Morgan fingerprint density at radius 1 is 1.24 bits per heavy atom. The molecule has 116 valence electrons. The van der Waals surface area contributed by atoms with Crippen LogP contribution < -0.4 is 9.47 Å². The third kappa shape index (κ3) is 5.50. The van der Waals surface area contributed by atoms with E-state index in [0.717, 1.165) is 22.8 Å². The number of esters is 1. The minimum atomic E-state index is -0.420. The summed E-state index contributed by atoms with van der Waals surface area (Å²) in [6.45, 7) is 7.00. The minimum absolute atomic E-state index is 0.163. The van der Waals surface area contributed by atoms with Crippen LogP contribution in [0.5, 0.6) is 11.5 Å². The number of benzene rings is 1. The van der Waals surface area contributed by atoms with E-state index in [0.29, 0.717) is 25.4 Å². The predicted molar refractivity (Wildman–Crippen MR) is 83.2 cm³/mol. The van der Waals surface area contributed by atoms with Gasteiger partial charge in [-0.15, -0.1) is 11.8 Å². The predicted octanol–water partition coefficient (Wildman–Crippen LogP) is 3.67. The minimum Gasteiger partial charge on any atom is -0.490 e. The summed E-state index contributed by atoms with van der Waals surface area (Å²) < 4.78 is 16.5. The highest BCUT2D eigenvalue weighted by Crippen LogP contribution is 2.34. The van der Waals surface area contributed by atoms with Crippen molar-refractivity contribution in [2.75, 3.05) is 19.0 Å². The summed E-state index contributed by atoms with van der Waals surface area (Å²) in [5.74, 6) is 2.11. The zero-order valence-corrected chi connectivity index (χ0v) is 13.6. The molecule has 1 aromatic rings.